The summed E-state index contributed by atoms with van der Waals surface area (Å²) in [6, 6.07) is 0. The molecule has 0 saturated carbocycles. The van der Waals surface area contributed by atoms with E-state index in [4.69, 9.17) is 9.47 Å². The molecule has 1 rings (SSSR count). The number of piperidine rings is 1. The van der Waals surface area contributed by atoms with Gasteiger partial charge in [-0.25, -0.2) is 0 Å². The molecule has 1 aliphatic rings. The standard InChI is InChI=1S/C13H27N3O2.HI/c1-4-17-11-8-15-13(14-3)16-9-6-12(7-10-16)18-5-2;/h12H,4-11H2,1-3H3,(H,14,15);1H. The number of hydrogen-bond acceptors (Lipinski definition) is 3. The Morgan fingerprint density at radius 3 is 2.47 bits per heavy atom. The zero-order valence-corrected chi connectivity index (χ0v) is 14.7. The van der Waals surface area contributed by atoms with Gasteiger partial charge >= 0.3 is 0 Å². The molecule has 0 aromatic heterocycles. The molecule has 1 fully saturated rings. The summed E-state index contributed by atoms with van der Waals surface area (Å²) in [7, 11) is 1.83. The van der Waals surface area contributed by atoms with Gasteiger partial charge in [-0.2, -0.15) is 0 Å². The first kappa shape index (κ1) is 18.9. The second-order valence-electron chi connectivity index (χ2n) is 4.31. The molecule has 1 N–H and O–H groups in total. The Kier molecular flexibility index (Phi) is 11.7. The summed E-state index contributed by atoms with van der Waals surface area (Å²) in [6.45, 7) is 9.20. The van der Waals surface area contributed by atoms with Gasteiger partial charge in [0.15, 0.2) is 5.96 Å². The van der Waals surface area contributed by atoms with E-state index in [-0.39, 0.29) is 24.0 Å². The van der Waals surface area contributed by atoms with Gasteiger partial charge in [-0.05, 0) is 26.7 Å². The predicted octanol–water partition coefficient (Wildman–Crippen LogP) is 1.72. The van der Waals surface area contributed by atoms with E-state index in [0.29, 0.717) is 6.10 Å². The largest absolute Gasteiger partial charge is 0.380 e. The molecule has 0 aromatic rings. The van der Waals surface area contributed by atoms with Crippen LogP contribution in [-0.4, -0.2) is 63.5 Å². The molecule has 0 unspecified atom stereocenters. The molecule has 19 heavy (non-hydrogen) atoms. The summed E-state index contributed by atoms with van der Waals surface area (Å²) in [5.74, 6) is 0.977. The number of nitrogens with one attached hydrogen (secondary N) is 1. The minimum absolute atomic E-state index is 0. The van der Waals surface area contributed by atoms with E-state index in [1.54, 1.807) is 0 Å². The van der Waals surface area contributed by atoms with E-state index in [1.165, 1.54) is 0 Å². The number of likely N-dealkylation sites (tertiary alicyclic amines) is 1. The fourth-order valence-corrected chi connectivity index (χ4v) is 2.18. The lowest BCUT2D eigenvalue weighted by molar-refractivity contribution is 0.0263. The molecule has 0 aromatic carbocycles. The fraction of sp³-hybridized carbons (Fsp3) is 0.923. The molecule has 1 heterocycles. The molecule has 1 aliphatic heterocycles. The van der Waals surface area contributed by atoms with Crippen LogP contribution in [0.2, 0.25) is 0 Å². The van der Waals surface area contributed by atoms with Crippen LogP contribution in [0.4, 0.5) is 0 Å². The van der Waals surface area contributed by atoms with E-state index in [2.05, 4.69) is 22.1 Å². The summed E-state index contributed by atoms with van der Waals surface area (Å²) in [5, 5.41) is 3.33. The normalized spacial score (nSPS) is 17.2. The van der Waals surface area contributed by atoms with Crippen molar-refractivity contribution in [3.05, 3.63) is 0 Å². The van der Waals surface area contributed by atoms with Crippen LogP contribution >= 0.6 is 24.0 Å². The van der Waals surface area contributed by atoms with Crippen molar-refractivity contribution in [2.75, 3.05) is 46.5 Å². The van der Waals surface area contributed by atoms with Gasteiger partial charge in [0.1, 0.15) is 0 Å². The van der Waals surface area contributed by atoms with E-state index in [9.17, 15) is 0 Å². The Morgan fingerprint density at radius 2 is 1.95 bits per heavy atom. The molecular weight excluding hydrogens is 357 g/mol. The number of guanidine groups is 1. The van der Waals surface area contributed by atoms with Crippen LogP contribution in [0, 0.1) is 0 Å². The lowest BCUT2D eigenvalue weighted by atomic mass is 10.1. The zero-order chi connectivity index (χ0) is 13.2. The van der Waals surface area contributed by atoms with Crippen LogP contribution in [-0.2, 0) is 9.47 Å². The van der Waals surface area contributed by atoms with E-state index in [1.807, 2.05) is 14.0 Å². The third kappa shape index (κ3) is 7.31. The highest BCUT2D eigenvalue weighted by atomic mass is 127. The van der Waals surface area contributed by atoms with E-state index < -0.39 is 0 Å². The van der Waals surface area contributed by atoms with Crippen LogP contribution in [0.25, 0.3) is 0 Å². The second-order valence-corrected chi connectivity index (χ2v) is 4.31. The van der Waals surface area contributed by atoms with Crippen molar-refractivity contribution in [1.29, 1.82) is 0 Å². The van der Waals surface area contributed by atoms with E-state index >= 15 is 0 Å². The van der Waals surface area contributed by atoms with Crippen molar-refractivity contribution in [3.63, 3.8) is 0 Å². The maximum Gasteiger partial charge on any atom is 0.193 e. The molecule has 0 radical (unpaired) electrons. The van der Waals surface area contributed by atoms with Crippen molar-refractivity contribution in [2.45, 2.75) is 32.8 Å². The first-order chi connectivity index (χ1) is 8.81. The number of hydrogen-bond donors (Lipinski definition) is 1. The number of rotatable bonds is 6. The van der Waals surface area contributed by atoms with Gasteiger partial charge in [-0.15, -0.1) is 24.0 Å². The molecule has 1 saturated heterocycles. The Bertz CT molecular complexity index is 244. The van der Waals surface area contributed by atoms with Gasteiger partial charge in [0.25, 0.3) is 0 Å². The average molecular weight is 385 g/mol. The van der Waals surface area contributed by atoms with Crippen LogP contribution in [0.1, 0.15) is 26.7 Å². The summed E-state index contributed by atoms with van der Waals surface area (Å²) in [6.07, 6.45) is 2.59. The van der Waals surface area contributed by atoms with Gasteiger partial charge in [0, 0.05) is 39.9 Å². The topological polar surface area (TPSA) is 46.1 Å². The van der Waals surface area contributed by atoms with Crippen LogP contribution < -0.4 is 5.32 Å². The lowest BCUT2D eigenvalue weighted by Crippen LogP contribution is -2.47. The van der Waals surface area contributed by atoms with Crippen molar-refractivity contribution < 1.29 is 9.47 Å². The minimum Gasteiger partial charge on any atom is -0.380 e. The van der Waals surface area contributed by atoms with Gasteiger partial charge in [-0.3, -0.25) is 4.99 Å². The predicted molar refractivity (Wildman–Crippen MR) is 89.5 cm³/mol. The molecule has 0 atom stereocenters. The van der Waals surface area contributed by atoms with Crippen molar-refractivity contribution in [3.8, 4) is 0 Å². The zero-order valence-electron chi connectivity index (χ0n) is 12.4. The molecule has 0 amide bonds. The van der Waals surface area contributed by atoms with E-state index in [0.717, 1.165) is 58.3 Å². The van der Waals surface area contributed by atoms with Gasteiger partial charge in [0.05, 0.1) is 12.7 Å². The van der Waals surface area contributed by atoms with Crippen molar-refractivity contribution >= 4 is 29.9 Å². The highest BCUT2D eigenvalue weighted by molar-refractivity contribution is 14.0. The molecule has 0 spiro atoms. The van der Waals surface area contributed by atoms with Gasteiger partial charge < -0.3 is 19.7 Å². The van der Waals surface area contributed by atoms with Crippen molar-refractivity contribution in [2.24, 2.45) is 4.99 Å². The maximum atomic E-state index is 5.65. The second kappa shape index (κ2) is 11.7. The molecule has 0 aliphatic carbocycles. The number of halogens is 1. The molecule has 114 valence electrons. The fourth-order valence-electron chi connectivity index (χ4n) is 2.18. The Balaban J connectivity index is 0.00000324. The quantitative estimate of drug-likeness (QED) is 0.327. The summed E-state index contributed by atoms with van der Waals surface area (Å²) >= 11 is 0. The molecule has 0 bridgehead atoms. The Morgan fingerprint density at radius 1 is 1.26 bits per heavy atom. The Hall–Kier alpha value is -0.0800. The number of aliphatic imine (C=N–C) groups is 1. The number of ether oxygens (including phenoxy) is 2. The molecule has 6 heteroatoms. The monoisotopic (exact) mass is 385 g/mol. The van der Waals surface area contributed by atoms with Crippen molar-refractivity contribution in [1.82, 2.24) is 10.2 Å². The maximum absolute atomic E-state index is 5.65. The molecular formula is C13H28IN3O2. The summed E-state index contributed by atoms with van der Waals surface area (Å²) in [5.41, 5.74) is 0. The summed E-state index contributed by atoms with van der Waals surface area (Å²) in [4.78, 5) is 6.61. The lowest BCUT2D eigenvalue weighted by Gasteiger charge is -2.34. The average Bonchev–Trinajstić information content (AvgIpc) is 2.41. The van der Waals surface area contributed by atoms with Crippen LogP contribution in [0.3, 0.4) is 0 Å². The highest BCUT2D eigenvalue weighted by Crippen LogP contribution is 2.13. The van der Waals surface area contributed by atoms with Crippen LogP contribution in [0.15, 0.2) is 4.99 Å². The molecule has 5 nitrogen and oxygen atoms in total. The van der Waals surface area contributed by atoms with Gasteiger partial charge in [0.2, 0.25) is 0 Å². The third-order valence-electron chi connectivity index (χ3n) is 3.09. The smallest absolute Gasteiger partial charge is 0.193 e. The highest BCUT2D eigenvalue weighted by Gasteiger charge is 2.21. The van der Waals surface area contributed by atoms with Gasteiger partial charge in [-0.1, -0.05) is 0 Å². The van der Waals surface area contributed by atoms with Crippen LogP contribution in [0.5, 0.6) is 0 Å². The SMILES string of the molecule is CCOCCNC(=NC)N1CCC(OCC)CC1.I. The first-order valence-electron chi connectivity index (χ1n) is 6.96. The Labute approximate surface area is 134 Å². The number of nitrogens with zero attached hydrogens (tertiary/aromatic N) is 2. The first-order valence-corrected chi connectivity index (χ1v) is 6.96. The third-order valence-corrected chi connectivity index (χ3v) is 3.09. The summed E-state index contributed by atoms with van der Waals surface area (Å²) < 4.78 is 11.0. The minimum atomic E-state index is 0.